The molecule has 0 radical (unpaired) electrons. The number of rotatable bonds is 2. The van der Waals surface area contributed by atoms with Crippen LogP contribution in [0.25, 0.3) is 0 Å². The predicted octanol–water partition coefficient (Wildman–Crippen LogP) is 2.89. The molecule has 0 fully saturated rings. The zero-order valence-electron chi connectivity index (χ0n) is 12.3. The molecule has 5 heteroatoms. The fourth-order valence-corrected chi connectivity index (χ4v) is 2.81. The van der Waals surface area contributed by atoms with Crippen LogP contribution in [0.5, 0.6) is 0 Å². The van der Waals surface area contributed by atoms with Gasteiger partial charge in [-0.1, -0.05) is 19.1 Å². The third-order valence-corrected chi connectivity index (χ3v) is 4.04. The average Bonchev–Trinajstić information content (AvgIpc) is 2.49. The van der Waals surface area contributed by atoms with Crippen LogP contribution in [0.15, 0.2) is 35.1 Å². The van der Waals surface area contributed by atoms with Crippen LogP contribution in [-0.4, -0.2) is 10.9 Å². The second kappa shape index (κ2) is 5.75. The van der Waals surface area contributed by atoms with Crippen LogP contribution in [0, 0.1) is 11.7 Å². The molecule has 1 heterocycles. The highest BCUT2D eigenvalue weighted by atomic mass is 19.1. The van der Waals surface area contributed by atoms with Gasteiger partial charge in [-0.3, -0.25) is 9.59 Å². The quantitative estimate of drug-likeness (QED) is 0.896. The van der Waals surface area contributed by atoms with Crippen molar-refractivity contribution in [3.8, 4) is 0 Å². The van der Waals surface area contributed by atoms with Gasteiger partial charge in [-0.25, -0.2) is 4.39 Å². The number of aromatic nitrogens is 1. The molecule has 1 atom stereocenters. The van der Waals surface area contributed by atoms with Crippen LogP contribution in [0.3, 0.4) is 0 Å². The number of carbonyl (C=O) groups is 1. The number of carbonyl (C=O) groups excluding carboxylic acids is 1. The van der Waals surface area contributed by atoms with Gasteiger partial charge in [0.15, 0.2) is 0 Å². The van der Waals surface area contributed by atoms with E-state index >= 15 is 0 Å². The Morgan fingerprint density at radius 1 is 1.36 bits per heavy atom. The molecule has 2 aromatic rings. The van der Waals surface area contributed by atoms with Crippen molar-refractivity contribution >= 4 is 11.6 Å². The van der Waals surface area contributed by atoms with E-state index in [0.29, 0.717) is 5.92 Å². The number of halogens is 1. The number of pyridine rings is 1. The first-order valence-corrected chi connectivity index (χ1v) is 7.35. The maximum absolute atomic E-state index is 13.6. The molecule has 1 amide bonds. The molecule has 0 saturated carbocycles. The van der Waals surface area contributed by atoms with Gasteiger partial charge in [-0.2, -0.15) is 0 Å². The van der Waals surface area contributed by atoms with E-state index in [-0.39, 0.29) is 11.3 Å². The molecule has 0 bridgehead atoms. The van der Waals surface area contributed by atoms with Crippen LogP contribution in [-0.2, 0) is 12.8 Å². The van der Waals surface area contributed by atoms with Gasteiger partial charge < -0.3 is 10.3 Å². The monoisotopic (exact) mass is 300 g/mol. The Morgan fingerprint density at radius 2 is 2.14 bits per heavy atom. The molecule has 22 heavy (non-hydrogen) atoms. The fraction of sp³-hybridized carbons (Fsp3) is 0.294. The van der Waals surface area contributed by atoms with Crippen molar-refractivity contribution in [1.82, 2.24) is 4.98 Å². The largest absolute Gasteiger partial charge is 0.325 e. The number of anilines is 1. The smallest absolute Gasteiger partial charge is 0.261 e. The van der Waals surface area contributed by atoms with Crippen LogP contribution in [0.2, 0.25) is 0 Å². The number of nitrogens with one attached hydrogen (secondary N) is 2. The van der Waals surface area contributed by atoms with Gasteiger partial charge in [0, 0.05) is 5.69 Å². The maximum Gasteiger partial charge on any atom is 0.261 e. The fourth-order valence-electron chi connectivity index (χ4n) is 2.81. The van der Waals surface area contributed by atoms with Crippen LogP contribution < -0.4 is 10.9 Å². The van der Waals surface area contributed by atoms with Gasteiger partial charge >= 0.3 is 0 Å². The first-order chi connectivity index (χ1) is 10.5. The first kappa shape index (κ1) is 14.5. The lowest BCUT2D eigenvalue weighted by Gasteiger charge is -2.21. The molecule has 0 aliphatic heterocycles. The number of hydrogen-bond acceptors (Lipinski definition) is 2. The van der Waals surface area contributed by atoms with Crippen molar-refractivity contribution in [3.05, 3.63) is 63.3 Å². The van der Waals surface area contributed by atoms with E-state index in [9.17, 15) is 14.0 Å². The Hall–Kier alpha value is -2.43. The zero-order chi connectivity index (χ0) is 15.7. The molecule has 2 N–H and O–H groups in total. The standard InChI is InChI=1S/C17H17FN2O2/c1-10-6-7-14-11(8-10)9-12(16(21)19-14)17(22)20-15-5-3-2-4-13(15)18/h2-5,9-10H,6-8H2,1H3,(H,19,21)(H,20,22)/t10-/m1/s1. The summed E-state index contributed by atoms with van der Waals surface area (Å²) in [6.45, 7) is 2.15. The van der Waals surface area contributed by atoms with E-state index in [0.717, 1.165) is 30.5 Å². The summed E-state index contributed by atoms with van der Waals surface area (Å²) in [7, 11) is 0. The van der Waals surface area contributed by atoms with Crippen molar-refractivity contribution in [2.24, 2.45) is 5.92 Å². The van der Waals surface area contributed by atoms with E-state index in [1.54, 1.807) is 12.1 Å². The molecule has 4 nitrogen and oxygen atoms in total. The van der Waals surface area contributed by atoms with Gasteiger partial charge in [0.05, 0.1) is 5.69 Å². The molecule has 1 aromatic carbocycles. The Labute approximate surface area is 127 Å². The van der Waals surface area contributed by atoms with E-state index in [2.05, 4.69) is 17.2 Å². The third-order valence-electron chi connectivity index (χ3n) is 4.04. The van der Waals surface area contributed by atoms with Crippen molar-refractivity contribution in [1.29, 1.82) is 0 Å². The molecule has 3 rings (SSSR count). The highest BCUT2D eigenvalue weighted by Crippen LogP contribution is 2.23. The summed E-state index contributed by atoms with van der Waals surface area (Å²) in [6.07, 6.45) is 2.69. The number of H-pyrrole nitrogens is 1. The van der Waals surface area contributed by atoms with Gasteiger partial charge in [0.25, 0.3) is 11.5 Å². The Bertz CT molecular complexity index is 782. The normalized spacial score (nSPS) is 16.9. The van der Waals surface area contributed by atoms with Gasteiger partial charge in [0.2, 0.25) is 0 Å². The number of benzene rings is 1. The zero-order valence-corrected chi connectivity index (χ0v) is 12.3. The molecular weight excluding hydrogens is 283 g/mol. The lowest BCUT2D eigenvalue weighted by molar-refractivity contribution is 0.102. The topological polar surface area (TPSA) is 62.0 Å². The molecule has 1 aliphatic carbocycles. The van der Waals surface area contributed by atoms with Crippen molar-refractivity contribution in [3.63, 3.8) is 0 Å². The molecule has 1 aliphatic rings. The summed E-state index contributed by atoms with van der Waals surface area (Å²) >= 11 is 0. The minimum Gasteiger partial charge on any atom is -0.325 e. The molecule has 0 spiro atoms. The van der Waals surface area contributed by atoms with Crippen molar-refractivity contribution in [2.75, 3.05) is 5.32 Å². The average molecular weight is 300 g/mol. The summed E-state index contributed by atoms with van der Waals surface area (Å²) in [4.78, 5) is 27.1. The number of hydrogen-bond donors (Lipinski definition) is 2. The minimum absolute atomic E-state index is 0.0242. The summed E-state index contributed by atoms with van der Waals surface area (Å²) in [5, 5.41) is 2.45. The summed E-state index contributed by atoms with van der Waals surface area (Å²) < 4.78 is 13.6. The summed E-state index contributed by atoms with van der Waals surface area (Å²) in [5.41, 5.74) is 1.57. The van der Waals surface area contributed by atoms with Crippen LogP contribution in [0.1, 0.15) is 35.0 Å². The number of fused-ring (bicyclic) bond motifs is 1. The molecular formula is C17H17FN2O2. The third kappa shape index (κ3) is 2.79. The number of aryl methyl sites for hydroxylation is 1. The van der Waals surface area contributed by atoms with Crippen LogP contribution in [0.4, 0.5) is 10.1 Å². The molecule has 0 saturated heterocycles. The highest BCUT2D eigenvalue weighted by Gasteiger charge is 2.20. The van der Waals surface area contributed by atoms with Crippen molar-refractivity contribution < 1.29 is 9.18 Å². The lowest BCUT2D eigenvalue weighted by Crippen LogP contribution is -2.27. The Balaban J connectivity index is 1.91. The highest BCUT2D eigenvalue weighted by molar-refractivity contribution is 6.04. The lowest BCUT2D eigenvalue weighted by atomic mass is 9.87. The Morgan fingerprint density at radius 3 is 2.91 bits per heavy atom. The van der Waals surface area contributed by atoms with Crippen molar-refractivity contribution in [2.45, 2.75) is 26.2 Å². The van der Waals surface area contributed by atoms with E-state index in [4.69, 9.17) is 0 Å². The van der Waals surface area contributed by atoms with E-state index in [1.165, 1.54) is 18.2 Å². The number of aromatic amines is 1. The Kier molecular flexibility index (Phi) is 3.79. The summed E-state index contributed by atoms with van der Waals surface area (Å²) in [5.74, 6) is -0.591. The SMILES string of the molecule is C[C@@H]1CCc2[nH]c(=O)c(C(=O)Nc3ccccc3F)cc2C1. The minimum atomic E-state index is -0.590. The predicted molar refractivity (Wildman–Crippen MR) is 82.6 cm³/mol. The number of para-hydroxylation sites is 1. The van der Waals surface area contributed by atoms with E-state index < -0.39 is 17.3 Å². The van der Waals surface area contributed by atoms with Gasteiger partial charge in [-0.15, -0.1) is 0 Å². The van der Waals surface area contributed by atoms with Gasteiger partial charge in [-0.05, 0) is 48.9 Å². The van der Waals surface area contributed by atoms with Crippen LogP contribution >= 0.6 is 0 Å². The first-order valence-electron chi connectivity index (χ1n) is 7.35. The van der Waals surface area contributed by atoms with Gasteiger partial charge in [0.1, 0.15) is 11.4 Å². The summed E-state index contributed by atoms with van der Waals surface area (Å²) in [6, 6.07) is 7.52. The van der Waals surface area contributed by atoms with E-state index in [1.807, 2.05) is 0 Å². The second-order valence-electron chi connectivity index (χ2n) is 5.80. The molecule has 114 valence electrons. The second-order valence-corrected chi connectivity index (χ2v) is 5.80. The molecule has 0 unspecified atom stereocenters. The number of amides is 1. The molecule has 1 aromatic heterocycles. The maximum atomic E-state index is 13.6.